The highest BCUT2D eigenvalue weighted by Gasteiger charge is 2.16. The number of rotatable bonds is 9. The third-order valence-electron chi connectivity index (χ3n) is 4.54. The van der Waals surface area contributed by atoms with Crippen molar-refractivity contribution in [2.45, 2.75) is 33.3 Å². The average Bonchev–Trinajstić information content (AvgIpc) is 3.19. The van der Waals surface area contributed by atoms with Gasteiger partial charge in [-0.25, -0.2) is 5.43 Å². The Kier molecular flexibility index (Phi) is 7.47. The SMILES string of the molecule is CCOc1cc(/C=N/NC(=O)c2cc3cc([N+](=O)[O-])ccc3o2)cc(Br)c1O[C@@H](C)CC. The van der Waals surface area contributed by atoms with Gasteiger partial charge in [0.1, 0.15) is 5.58 Å². The van der Waals surface area contributed by atoms with Crippen molar-refractivity contribution >= 4 is 44.7 Å². The third-order valence-corrected chi connectivity index (χ3v) is 5.13. The molecule has 0 aliphatic carbocycles. The quantitative estimate of drug-likeness (QED) is 0.236. The van der Waals surface area contributed by atoms with Crippen LogP contribution in [0.15, 0.2) is 50.4 Å². The Hall–Kier alpha value is -3.40. The van der Waals surface area contributed by atoms with Crippen LogP contribution in [-0.2, 0) is 0 Å². The Morgan fingerprint density at radius 1 is 1.31 bits per heavy atom. The maximum absolute atomic E-state index is 12.4. The summed E-state index contributed by atoms with van der Waals surface area (Å²) in [4.78, 5) is 22.7. The maximum atomic E-state index is 12.4. The van der Waals surface area contributed by atoms with Gasteiger partial charge in [0.2, 0.25) is 0 Å². The van der Waals surface area contributed by atoms with Gasteiger partial charge >= 0.3 is 5.91 Å². The predicted octanol–water partition coefficient (Wildman–Crippen LogP) is 5.44. The molecule has 0 aliphatic rings. The van der Waals surface area contributed by atoms with E-state index in [0.29, 0.717) is 39.1 Å². The molecule has 0 saturated heterocycles. The number of carbonyl (C=O) groups is 1. The van der Waals surface area contributed by atoms with Gasteiger partial charge in [-0.1, -0.05) is 6.92 Å². The minimum atomic E-state index is -0.582. The van der Waals surface area contributed by atoms with Crippen molar-refractivity contribution in [1.29, 1.82) is 0 Å². The van der Waals surface area contributed by atoms with E-state index in [4.69, 9.17) is 13.9 Å². The largest absolute Gasteiger partial charge is 0.490 e. The lowest BCUT2D eigenvalue weighted by Gasteiger charge is -2.18. The van der Waals surface area contributed by atoms with Crippen LogP contribution in [0, 0.1) is 10.1 Å². The molecule has 3 aromatic rings. The van der Waals surface area contributed by atoms with E-state index in [-0.39, 0.29) is 17.6 Å². The van der Waals surface area contributed by atoms with Crippen LogP contribution in [0.1, 0.15) is 43.3 Å². The van der Waals surface area contributed by atoms with Gasteiger partial charge in [-0.05, 0) is 66.0 Å². The van der Waals surface area contributed by atoms with Crippen molar-refractivity contribution < 1.29 is 23.6 Å². The molecular formula is C22H22BrN3O6. The zero-order valence-electron chi connectivity index (χ0n) is 17.8. The smallest absolute Gasteiger partial charge is 0.307 e. The lowest BCUT2D eigenvalue weighted by Crippen LogP contribution is -2.16. The molecule has 168 valence electrons. The molecule has 1 amide bonds. The molecule has 10 heteroatoms. The second-order valence-corrected chi connectivity index (χ2v) is 7.74. The molecule has 2 aromatic carbocycles. The van der Waals surface area contributed by atoms with Gasteiger partial charge in [0.05, 0.1) is 28.3 Å². The van der Waals surface area contributed by atoms with Crippen molar-refractivity contribution in [2.24, 2.45) is 5.10 Å². The molecule has 9 nitrogen and oxygen atoms in total. The number of hydrogen-bond acceptors (Lipinski definition) is 7. The number of ether oxygens (including phenoxy) is 2. The molecule has 32 heavy (non-hydrogen) atoms. The molecule has 1 atom stereocenters. The van der Waals surface area contributed by atoms with Crippen LogP contribution in [0.5, 0.6) is 11.5 Å². The molecule has 0 bridgehead atoms. The van der Waals surface area contributed by atoms with E-state index in [2.05, 4.69) is 26.5 Å². The van der Waals surface area contributed by atoms with E-state index < -0.39 is 10.8 Å². The Morgan fingerprint density at radius 2 is 2.09 bits per heavy atom. The van der Waals surface area contributed by atoms with Crippen molar-refractivity contribution in [1.82, 2.24) is 5.43 Å². The van der Waals surface area contributed by atoms with Crippen LogP contribution < -0.4 is 14.9 Å². The first kappa shape index (κ1) is 23.3. The number of nitro groups is 1. The first-order valence-corrected chi connectivity index (χ1v) is 10.8. The molecule has 0 radical (unpaired) electrons. The van der Waals surface area contributed by atoms with Crippen LogP contribution in [-0.4, -0.2) is 29.8 Å². The van der Waals surface area contributed by atoms with Crippen LogP contribution in [0.3, 0.4) is 0 Å². The average molecular weight is 504 g/mol. The molecule has 1 heterocycles. The highest BCUT2D eigenvalue weighted by atomic mass is 79.9. The van der Waals surface area contributed by atoms with E-state index >= 15 is 0 Å². The number of furan rings is 1. The van der Waals surface area contributed by atoms with Crippen molar-refractivity contribution in [2.75, 3.05) is 6.61 Å². The number of nitrogens with one attached hydrogen (secondary N) is 1. The number of benzene rings is 2. The molecule has 3 rings (SSSR count). The number of hydrazone groups is 1. The Labute approximate surface area is 192 Å². The van der Waals surface area contributed by atoms with Crippen LogP contribution in [0.4, 0.5) is 5.69 Å². The zero-order chi connectivity index (χ0) is 23.3. The summed E-state index contributed by atoms with van der Waals surface area (Å²) in [5.74, 6) is 0.583. The molecule has 1 N–H and O–H groups in total. The van der Waals surface area contributed by atoms with E-state index in [1.165, 1.54) is 30.5 Å². The van der Waals surface area contributed by atoms with Gasteiger partial charge in [0.15, 0.2) is 17.3 Å². The van der Waals surface area contributed by atoms with Gasteiger partial charge in [0.25, 0.3) is 5.69 Å². The van der Waals surface area contributed by atoms with E-state index in [9.17, 15) is 14.9 Å². The van der Waals surface area contributed by atoms with Gasteiger partial charge in [-0.2, -0.15) is 5.10 Å². The summed E-state index contributed by atoms with van der Waals surface area (Å²) in [7, 11) is 0. The second-order valence-electron chi connectivity index (χ2n) is 6.89. The standard InChI is InChI=1S/C22H22BrN3O6/c1-4-13(3)31-21-17(23)8-14(9-19(21)30-5-2)12-24-25-22(27)20-11-15-10-16(26(28)29)6-7-18(15)32-20/h6-13H,4-5H2,1-3H3,(H,25,27)/b24-12+/t13-/m0/s1. The fourth-order valence-electron chi connectivity index (χ4n) is 2.80. The summed E-state index contributed by atoms with van der Waals surface area (Å²) in [5.41, 5.74) is 3.35. The van der Waals surface area contributed by atoms with Crippen molar-refractivity contribution in [3.63, 3.8) is 0 Å². The summed E-state index contributed by atoms with van der Waals surface area (Å²) in [6.07, 6.45) is 2.34. The molecule has 0 saturated carbocycles. The number of nitro benzene ring substituents is 1. The number of fused-ring (bicyclic) bond motifs is 1. The zero-order valence-corrected chi connectivity index (χ0v) is 19.3. The first-order chi connectivity index (χ1) is 15.3. The molecular weight excluding hydrogens is 482 g/mol. The number of nitrogens with zero attached hydrogens (tertiary/aromatic N) is 2. The lowest BCUT2D eigenvalue weighted by atomic mass is 10.2. The number of halogens is 1. The Bertz CT molecular complexity index is 1170. The normalized spacial score (nSPS) is 12.1. The predicted molar refractivity (Wildman–Crippen MR) is 124 cm³/mol. The van der Waals surface area contributed by atoms with Gasteiger partial charge in [-0.15, -0.1) is 0 Å². The van der Waals surface area contributed by atoms with Gasteiger partial charge in [0, 0.05) is 17.5 Å². The number of non-ortho nitro benzene ring substituents is 1. The summed E-state index contributed by atoms with van der Waals surface area (Å²) in [6.45, 7) is 6.35. The number of hydrogen-bond donors (Lipinski definition) is 1. The summed E-state index contributed by atoms with van der Waals surface area (Å²) < 4.78 is 17.8. The van der Waals surface area contributed by atoms with Crippen molar-refractivity contribution in [3.05, 3.63) is 62.3 Å². The monoisotopic (exact) mass is 503 g/mol. The third kappa shape index (κ3) is 5.44. The second kappa shape index (κ2) is 10.3. The molecule has 0 unspecified atom stereocenters. The van der Waals surface area contributed by atoms with Crippen molar-refractivity contribution in [3.8, 4) is 11.5 Å². The fourth-order valence-corrected chi connectivity index (χ4v) is 3.35. The number of amides is 1. The molecule has 0 fully saturated rings. The van der Waals surface area contributed by atoms with Gasteiger partial charge in [-0.3, -0.25) is 14.9 Å². The van der Waals surface area contributed by atoms with Crippen LogP contribution in [0.25, 0.3) is 11.0 Å². The van der Waals surface area contributed by atoms with Gasteiger partial charge < -0.3 is 13.9 Å². The first-order valence-electron chi connectivity index (χ1n) is 9.96. The van der Waals surface area contributed by atoms with E-state index in [0.717, 1.165) is 6.42 Å². The summed E-state index contributed by atoms with van der Waals surface area (Å²) >= 11 is 3.50. The molecule has 1 aromatic heterocycles. The number of carbonyl (C=O) groups excluding carboxylic acids is 1. The lowest BCUT2D eigenvalue weighted by molar-refractivity contribution is -0.384. The summed E-state index contributed by atoms with van der Waals surface area (Å²) in [5, 5.41) is 15.3. The molecule has 0 spiro atoms. The highest BCUT2D eigenvalue weighted by Crippen LogP contribution is 2.37. The fraction of sp³-hybridized carbons (Fsp3) is 0.273. The van der Waals surface area contributed by atoms with Crippen LogP contribution in [0.2, 0.25) is 0 Å². The maximum Gasteiger partial charge on any atom is 0.307 e. The Balaban J connectivity index is 1.75. The minimum Gasteiger partial charge on any atom is -0.490 e. The minimum absolute atomic E-state index is 0.00821. The van der Waals surface area contributed by atoms with E-state index in [1.54, 1.807) is 12.1 Å². The highest BCUT2D eigenvalue weighted by molar-refractivity contribution is 9.10. The van der Waals surface area contributed by atoms with Crippen LogP contribution >= 0.6 is 15.9 Å². The Morgan fingerprint density at radius 3 is 2.78 bits per heavy atom. The summed E-state index contributed by atoms with van der Waals surface area (Å²) in [6, 6.07) is 9.10. The van der Waals surface area contributed by atoms with E-state index in [1.807, 2.05) is 20.8 Å². The topological polar surface area (TPSA) is 116 Å². The molecule has 0 aliphatic heterocycles.